The average molecular weight is 610 g/mol. The number of benzene rings is 1. The van der Waals surface area contributed by atoms with E-state index in [-0.39, 0.29) is 32.6 Å². The lowest BCUT2D eigenvalue weighted by atomic mass is 9.33. The summed E-state index contributed by atoms with van der Waals surface area (Å²) in [4.78, 5) is 11.7. The third-order valence-electron chi connectivity index (χ3n) is 15.2. The summed E-state index contributed by atoms with van der Waals surface area (Å²) in [6, 6.07) is 5.87. The van der Waals surface area contributed by atoms with Gasteiger partial charge in [0.05, 0.1) is 10.5 Å². The van der Waals surface area contributed by atoms with Gasteiger partial charge in [-0.05, 0) is 148 Å². The van der Waals surface area contributed by atoms with Crippen LogP contribution in [0.5, 0.6) is 0 Å². The van der Waals surface area contributed by atoms with Crippen molar-refractivity contribution in [3.05, 3.63) is 42.0 Å². The van der Waals surface area contributed by atoms with Crippen LogP contribution in [0.3, 0.4) is 0 Å². The van der Waals surface area contributed by atoms with Gasteiger partial charge in [-0.3, -0.25) is 0 Å². The Morgan fingerprint density at radius 3 is 2.33 bits per heavy atom. The zero-order valence-corrected chi connectivity index (χ0v) is 28.5. The van der Waals surface area contributed by atoms with Gasteiger partial charge in [-0.1, -0.05) is 52.3 Å². The number of aromatic carboxylic acids is 1. The Labute approximate surface area is 261 Å². The fraction of sp³-hybridized carbons (Fsp3) is 0.757. The van der Waals surface area contributed by atoms with Gasteiger partial charge in [0.1, 0.15) is 0 Å². The van der Waals surface area contributed by atoms with Gasteiger partial charge in [0, 0.05) is 12.1 Å². The Bertz CT molecular complexity index is 1430. The van der Waals surface area contributed by atoms with E-state index in [1.165, 1.54) is 62.7 Å². The molecule has 6 heteroatoms. The molecule has 1 saturated heterocycles. The fourth-order valence-corrected chi connectivity index (χ4v) is 14.8. The summed E-state index contributed by atoms with van der Waals surface area (Å²) in [5.74, 6) is 1.85. The molecule has 238 valence electrons. The molecule has 1 N–H and O–H groups in total. The van der Waals surface area contributed by atoms with Crippen molar-refractivity contribution in [2.45, 2.75) is 123 Å². The molecule has 1 unspecified atom stereocenters. The first-order valence-corrected chi connectivity index (χ1v) is 18.5. The summed E-state index contributed by atoms with van der Waals surface area (Å²) in [6.45, 7) is 21.8. The van der Waals surface area contributed by atoms with E-state index in [4.69, 9.17) is 0 Å². The summed E-state index contributed by atoms with van der Waals surface area (Å²) in [6.07, 6.45) is 12.2. The van der Waals surface area contributed by atoms with Gasteiger partial charge in [0.15, 0.2) is 0 Å². The van der Waals surface area contributed by atoms with Crippen LogP contribution < -0.4 is 0 Å². The van der Waals surface area contributed by atoms with Gasteiger partial charge in [0.25, 0.3) is 0 Å². The fourth-order valence-electron chi connectivity index (χ4n) is 12.9. The Morgan fingerprint density at radius 2 is 1.67 bits per heavy atom. The lowest BCUT2D eigenvalue weighted by molar-refractivity contribution is -0.236. The number of carboxylic acids is 1. The summed E-state index contributed by atoms with van der Waals surface area (Å²) in [7, 11) is -3.85. The highest BCUT2D eigenvalue weighted by molar-refractivity contribution is 7.89. The topological polar surface area (TPSA) is 74.7 Å². The third-order valence-corrected chi connectivity index (χ3v) is 17.3. The van der Waals surface area contributed by atoms with Crippen LogP contribution in [0.4, 0.5) is 0 Å². The number of hydrogen-bond acceptors (Lipinski definition) is 3. The molecular formula is C37H55NO4S. The quantitative estimate of drug-likeness (QED) is 0.339. The molecule has 4 aliphatic carbocycles. The Balaban J connectivity index is 1.34. The molecule has 0 bridgehead atoms. The van der Waals surface area contributed by atoms with Gasteiger partial charge in [-0.2, -0.15) is 4.31 Å². The van der Waals surface area contributed by atoms with E-state index in [9.17, 15) is 18.3 Å². The van der Waals surface area contributed by atoms with Gasteiger partial charge in [-0.25, -0.2) is 13.2 Å². The van der Waals surface area contributed by atoms with Crippen molar-refractivity contribution >= 4 is 16.0 Å². The maximum atomic E-state index is 14.1. The monoisotopic (exact) mass is 609 g/mol. The van der Waals surface area contributed by atoms with Crippen LogP contribution in [0.2, 0.25) is 0 Å². The zero-order chi connectivity index (χ0) is 31.4. The standard InChI is InChI=1S/C37H55NO4S/c1-9-37-18-15-27(24(2)3)31(37)28-13-14-30-34(6)21-22-38(43(41,42)26-12-10-11-25(23-26)32(39)40)33(4,5)29(34)16-17-36(30,8)35(28,7)19-20-37/h10-12,23,27-31H,2,9,13-22H2,1,3-8H3,(H,39,40)/t27-,28+,29?,30+,31+,34-,35+,36+,37+/m0/s1. The molecule has 5 fully saturated rings. The predicted octanol–water partition coefficient (Wildman–Crippen LogP) is 8.81. The Morgan fingerprint density at radius 1 is 0.953 bits per heavy atom. The summed E-state index contributed by atoms with van der Waals surface area (Å²) in [5, 5.41) is 9.52. The minimum atomic E-state index is -3.85. The van der Waals surface area contributed by atoms with E-state index in [0.717, 1.165) is 31.1 Å². The van der Waals surface area contributed by atoms with Gasteiger partial charge in [-0.15, -0.1) is 0 Å². The molecule has 1 heterocycles. The predicted molar refractivity (Wildman–Crippen MR) is 172 cm³/mol. The molecule has 1 aliphatic heterocycles. The number of fused-ring (bicyclic) bond motifs is 7. The highest BCUT2D eigenvalue weighted by Gasteiger charge is 2.71. The number of carboxylic acid groups (broad SMARTS) is 1. The highest BCUT2D eigenvalue weighted by atomic mass is 32.2. The van der Waals surface area contributed by atoms with Crippen molar-refractivity contribution in [2.24, 2.45) is 51.2 Å². The minimum absolute atomic E-state index is 0.00916. The molecule has 0 amide bonds. The number of hydrogen-bond donors (Lipinski definition) is 1. The first-order valence-electron chi connectivity index (χ1n) is 17.0. The SMILES string of the molecule is C=C(C)[C@@H]1CC[C@]2(CC)CC[C@]3(C)[C@H](CC[C@@H]4[C@@]5(C)CCN(S(=O)(=O)c6cccc(C(=O)O)c6)C(C)(C)C5CC[C@]43C)[C@@H]12. The van der Waals surface area contributed by atoms with Crippen LogP contribution in [-0.4, -0.2) is 35.9 Å². The van der Waals surface area contributed by atoms with Gasteiger partial charge >= 0.3 is 5.97 Å². The molecule has 0 aromatic heterocycles. The molecule has 5 nitrogen and oxygen atoms in total. The molecule has 4 saturated carbocycles. The first-order chi connectivity index (χ1) is 20.0. The Kier molecular flexibility index (Phi) is 7.23. The van der Waals surface area contributed by atoms with E-state index in [0.29, 0.717) is 23.8 Å². The second-order valence-electron chi connectivity index (χ2n) is 16.7. The molecule has 1 aromatic rings. The minimum Gasteiger partial charge on any atom is -0.478 e. The molecule has 0 radical (unpaired) electrons. The number of carbonyl (C=O) groups is 1. The lowest BCUT2D eigenvalue weighted by Crippen LogP contribution is -2.70. The van der Waals surface area contributed by atoms with E-state index in [1.807, 2.05) is 0 Å². The molecule has 1 aromatic carbocycles. The van der Waals surface area contributed by atoms with Crippen LogP contribution in [0.1, 0.15) is 123 Å². The number of piperidine rings is 1. The molecule has 0 spiro atoms. The van der Waals surface area contributed by atoms with Crippen LogP contribution in [0, 0.1) is 51.2 Å². The summed E-state index contributed by atoms with van der Waals surface area (Å²) >= 11 is 0. The van der Waals surface area contributed by atoms with Crippen LogP contribution >= 0.6 is 0 Å². The maximum absolute atomic E-state index is 14.1. The second kappa shape index (κ2) is 9.92. The number of rotatable bonds is 5. The van der Waals surface area contributed by atoms with Crippen molar-refractivity contribution in [1.82, 2.24) is 4.31 Å². The molecule has 6 rings (SSSR count). The summed E-state index contributed by atoms with van der Waals surface area (Å²) in [5.41, 5.74) is 1.91. The highest BCUT2D eigenvalue weighted by Crippen LogP contribution is 2.77. The largest absolute Gasteiger partial charge is 0.478 e. The smallest absolute Gasteiger partial charge is 0.335 e. The first kappa shape index (κ1) is 31.3. The van der Waals surface area contributed by atoms with Crippen molar-refractivity contribution < 1.29 is 18.3 Å². The lowest BCUT2D eigenvalue weighted by Gasteiger charge is -2.73. The van der Waals surface area contributed by atoms with Crippen molar-refractivity contribution in [1.29, 1.82) is 0 Å². The normalized spacial score (nSPS) is 44.0. The molecule has 9 atom stereocenters. The summed E-state index contributed by atoms with van der Waals surface area (Å²) < 4.78 is 30.0. The molecular weight excluding hydrogens is 554 g/mol. The van der Waals surface area contributed by atoms with Crippen molar-refractivity contribution in [2.75, 3.05) is 6.54 Å². The van der Waals surface area contributed by atoms with Gasteiger partial charge in [0.2, 0.25) is 10.0 Å². The average Bonchev–Trinajstić information content (AvgIpc) is 3.33. The van der Waals surface area contributed by atoms with Crippen LogP contribution in [-0.2, 0) is 10.0 Å². The van der Waals surface area contributed by atoms with Crippen LogP contribution in [0.15, 0.2) is 41.3 Å². The van der Waals surface area contributed by atoms with Gasteiger partial charge < -0.3 is 5.11 Å². The number of allylic oxidation sites excluding steroid dienone is 1. The number of nitrogens with zero attached hydrogens (tertiary/aromatic N) is 1. The number of sulfonamides is 1. The second-order valence-corrected chi connectivity index (χ2v) is 18.6. The molecule has 43 heavy (non-hydrogen) atoms. The van der Waals surface area contributed by atoms with Crippen molar-refractivity contribution in [3.63, 3.8) is 0 Å². The van der Waals surface area contributed by atoms with E-state index in [1.54, 1.807) is 16.4 Å². The maximum Gasteiger partial charge on any atom is 0.335 e. The molecule has 5 aliphatic rings. The van der Waals surface area contributed by atoms with E-state index >= 15 is 0 Å². The van der Waals surface area contributed by atoms with Crippen molar-refractivity contribution in [3.8, 4) is 0 Å². The van der Waals surface area contributed by atoms with E-state index in [2.05, 4.69) is 55.0 Å². The van der Waals surface area contributed by atoms with E-state index < -0.39 is 21.5 Å². The zero-order valence-electron chi connectivity index (χ0n) is 27.7. The van der Waals surface area contributed by atoms with Crippen LogP contribution in [0.25, 0.3) is 0 Å². The Hall–Kier alpha value is -1.66. The third kappa shape index (κ3) is 4.09.